The first-order valence-electron chi connectivity index (χ1n) is 5.72. The molecule has 0 heterocycles. The molecule has 0 amide bonds. The minimum atomic E-state index is -1.05. The Balaban J connectivity index is 2.80. The van der Waals surface area contributed by atoms with Gasteiger partial charge in [-0.2, -0.15) is 0 Å². The summed E-state index contributed by atoms with van der Waals surface area (Å²) >= 11 is 0. The number of rotatable bonds is 6. The zero-order valence-corrected chi connectivity index (χ0v) is 11.1. The topological polar surface area (TPSA) is 102 Å². The average molecular weight is 281 g/mol. The Morgan fingerprint density at radius 1 is 1.15 bits per heavy atom. The number of anilines is 1. The van der Waals surface area contributed by atoms with Crippen molar-refractivity contribution in [2.24, 2.45) is 0 Å². The summed E-state index contributed by atoms with van der Waals surface area (Å²) < 4.78 is 9.09. The molecular formula is C13H15NO6. The molecule has 0 aliphatic rings. The standard InChI is InChI=1S/C13H15NO6/c1-19-11(15)7-10(13(18)20-2)14-9-5-3-8(4-6-9)12(16)17/h3-6,10,14H,7H2,1-2H3,(H,16,17). The van der Waals surface area contributed by atoms with Crippen molar-refractivity contribution in [3.8, 4) is 0 Å². The van der Waals surface area contributed by atoms with E-state index in [-0.39, 0.29) is 12.0 Å². The van der Waals surface area contributed by atoms with Gasteiger partial charge in [0.25, 0.3) is 0 Å². The third kappa shape index (κ3) is 4.27. The molecule has 1 atom stereocenters. The van der Waals surface area contributed by atoms with Gasteiger partial charge in [0, 0.05) is 5.69 Å². The van der Waals surface area contributed by atoms with E-state index >= 15 is 0 Å². The van der Waals surface area contributed by atoms with E-state index < -0.39 is 23.9 Å². The second kappa shape index (κ2) is 7.13. The molecule has 1 aromatic carbocycles. The monoisotopic (exact) mass is 281 g/mol. The summed E-state index contributed by atoms with van der Waals surface area (Å²) in [6.45, 7) is 0. The van der Waals surface area contributed by atoms with Gasteiger partial charge in [0.2, 0.25) is 0 Å². The molecule has 1 aromatic rings. The summed E-state index contributed by atoms with van der Waals surface area (Å²) in [7, 11) is 2.43. The van der Waals surface area contributed by atoms with Crippen LogP contribution >= 0.6 is 0 Å². The summed E-state index contributed by atoms with van der Waals surface area (Å²) in [5.74, 6) is -2.22. The van der Waals surface area contributed by atoms with Crippen molar-refractivity contribution in [2.75, 3.05) is 19.5 Å². The molecule has 0 aliphatic carbocycles. The minimum absolute atomic E-state index is 0.123. The number of nitrogens with one attached hydrogen (secondary N) is 1. The van der Waals surface area contributed by atoms with Crippen molar-refractivity contribution < 1.29 is 29.0 Å². The fraction of sp³-hybridized carbons (Fsp3) is 0.308. The van der Waals surface area contributed by atoms with E-state index in [1.165, 1.54) is 38.5 Å². The number of benzene rings is 1. The molecule has 0 aliphatic heterocycles. The van der Waals surface area contributed by atoms with Gasteiger partial charge in [-0.05, 0) is 24.3 Å². The van der Waals surface area contributed by atoms with Gasteiger partial charge in [-0.3, -0.25) is 4.79 Å². The maximum Gasteiger partial charge on any atom is 0.335 e. The second-order valence-electron chi connectivity index (χ2n) is 3.88. The lowest BCUT2D eigenvalue weighted by Gasteiger charge is -2.16. The van der Waals surface area contributed by atoms with Crippen molar-refractivity contribution >= 4 is 23.6 Å². The third-order valence-corrected chi connectivity index (χ3v) is 2.56. The smallest absolute Gasteiger partial charge is 0.335 e. The summed E-state index contributed by atoms with van der Waals surface area (Å²) in [4.78, 5) is 33.5. The van der Waals surface area contributed by atoms with Gasteiger partial charge in [-0.15, -0.1) is 0 Å². The molecule has 0 saturated carbocycles. The van der Waals surface area contributed by atoms with E-state index in [0.29, 0.717) is 5.69 Å². The first-order valence-corrected chi connectivity index (χ1v) is 5.72. The fourth-order valence-electron chi connectivity index (χ4n) is 1.50. The van der Waals surface area contributed by atoms with Crippen LogP contribution in [0.5, 0.6) is 0 Å². The Bertz CT molecular complexity index is 496. The summed E-state index contributed by atoms with van der Waals surface area (Å²) in [6.07, 6.45) is -0.191. The maximum atomic E-state index is 11.6. The van der Waals surface area contributed by atoms with E-state index in [4.69, 9.17) is 5.11 Å². The van der Waals surface area contributed by atoms with Crippen LogP contribution in [0.15, 0.2) is 24.3 Å². The molecule has 7 nitrogen and oxygen atoms in total. The molecule has 1 unspecified atom stereocenters. The van der Waals surface area contributed by atoms with Crippen molar-refractivity contribution in [1.29, 1.82) is 0 Å². The first-order chi connectivity index (χ1) is 9.47. The lowest BCUT2D eigenvalue weighted by atomic mass is 10.1. The van der Waals surface area contributed by atoms with Gasteiger partial charge >= 0.3 is 17.9 Å². The van der Waals surface area contributed by atoms with Gasteiger partial charge in [0.15, 0.2) is 0 Å². The summed E-state index contributed by atoms with van der Waals surface area (Å²) in [6, 6.07) is 4.87. The van der Waals surface area contributed by atoms with E-state index in [1.807, 2.05) is 0 Å². The highest BCUT2D eigenvalue weighted by Gasteiger charge is 2.23. The van der Waals surface area contributed by atoms with E-state index in [1.54, 1.807) is 0 Å². The average Bonchev–Trinajstić information content (AvgIpc) is 2.46. The highest BCUT2D eigenvalue weighted by atomic mass is 16.5. The van der Waals surface area contributed by atoms with Crippen LogP contribution in [0.1, 0.15) is 16.8 Å². The Labute approximate surface area is 115 Å². The molecule has 20 heavy (non-hydrogen) atoms. The molecule has 0 fully saturated rings. The van der Waals surface area contributed by atoms with Crippen LogP contribution in [0.25, 0.3) is 0 Å². The molecule has 2 N–H and O–H groups in total. The number of carbonyl (C=O) groups excluding carboxylic acids is 2. The summed E-state index contributed by atoms with van der Waals surface area (Å²) in [5, 5.41) is 11.6. The summed E-state index contributed by atoms with van der Waals surface area (Å²) in [5.41, 5.74) is 0.618. The molecule has 1 rings (SSSR count). The molecule has 0 saturated heterocycles. The minimum Gasteiger partial charge on any atom is -0.478 e. The van der Waals surface area contributed by atoms with E-state index in [9.17, 15) is 14.4 Å². The van der Waals surface area contributed by atoms with Crippen molar-refractivity contribution in [1.82, 2.24) is 0 Å². The largest absolute Gasteiger partial charge is 0.478 e. The van der Waals surface area contributed by atoms with Gasteiger partial charge in [-0.25, -0.2) is 9.59 Å². The van der Waals surface area contributed by atoms with E-state index in [2.05, 4.69) is 14.8 Å². The fourth-order valence-corrected chi connectivity index (χ4v) is 1.50. The van der Waals surface area contributed by atoms with Gasteiger partial charge < -0.3 is 19.9 Å². The van der Waals surface area contributed by atoms with Crippen LogP contribution in [0, 0.1) is 0 Å². The number of hydrogen-bond acceptors (Lipinski definition) is 6. The van der Waals surface area contributed by atoms with Crippen molar-refractivity contribution in [2.45, 2.75) is 12.5 Å². The number of aromatic carboxylic acids is 1. The predicted octanol–water partition coefficient (Wildman–Crippen LogP) is 0.901. The molecular weight excluding hydrogens is 266 g/mol. The van der Waals surface area contributed by atoms with Gasteiger partial charge in [0.1, 0.15) is 6.04 Å². The molecule has 0 bridgehead atoms. The number of esters is 2. The Kier molecular flexibility index (Phi) is 5.52. The molecule has 108 valence electrons. The van der Waals surface area contributed by atoms with Crippen molar-refractivity contribution in [3.05, 3.63) is 29.8 Å². The highest BCUT2D eigenvalue weighted by molar-refractivity contribution is 5.88. The second-order valence-corrected chi connectivity index (χ2v) is 3.88. The van der Waals surface area contributed by atoms with E-state index in [0.717, 1.165) is 0 Å². The zero-order chi connectivity index (χ0) is 15.1. The number of hydrogen-bond donors (Lipinski definition) is 2. The normalized spacial score (nSPS) is 11.3. The number of carboxylic acids is 1. The van der Waals surface area contributed by atoms with Crippen LogP contribution in [0.4, 0.5) is 5.69 Å². The molecule has 7 heteroatoms. The number of methoxy groups -OCH3 is 2. The quantitative estimate of drug-likeness (QED) is 0.747. The third-order valence-electron chi connectivity index (χ3n) is 2.56. The van der Waals surface area contributed by atoms with Crippen LogP contribution in [-0.4, -0.2) is 43.3 Å². The SMILES string of the molecule is COC(=O)CC(Nc1ccc(C(=O)O)cc1)C(=O)OC. The number of carboxylic acid groups (broad SMARTS) is 1. The lowest BCUT2D eigenvalue weighted by molar-refractivity contribution is -0.148. The van der Waals surface area contributed by atoms with Gasteiger partial charge in [0.05, 0.1) is 26.2 Å². The highest BCUT2D eigenvalue weighted by Crippen LogP contribution is 2.13. The lowest BCUT2D eigenvalue weighted by Crippen LogP contribution is -2.33. The molecule has 0 radical (unpaired) electrons. The van der Waals surface area contributed by atoms with Crippen LogP contribution in [-0.2, 0) is 19.1 Å². The Hall–Kier alpha value is -2.57. The van der Waals surface area contributed by atoms with Crippen LogP contribution in [0.2, 0.25) is 0 Å². The van der Waals surface area contributed by atoms with Crippen LogP contribution in [0.3, 0.4) is 0 Å². The number of ether oxygens (including phenoxy) is 2. The molecule has 0 aromatic heterocycles. The molecule has 0 spiro atoms. The number of carbonyl (C=O) groups is 3. The zero-order valence-electron chi connectivity index (χ0n) is 11.1. The van der Waals surface area contributed by atoms with Crippen molar-refractivity contribution in [3.63, 3.8) is 0 Å². The van der Waals surface area contributed by atoms with Gasteiger partial charge in [-0.1, -0.05) is 0 Å². The maximum absolute atomic E-state index is 11.6. The Morgan fingerprint density at radius 3 is 2.20 bits per heavy atom. The first kappa shape index (κ1) is 15.5. The predicted molar refractivity (Wildman–Crippen MR) is 69.5 cm³/mol. The Morgan fingerprint density at radius 2 is 1.75 bits per heavy atom. The van der Waals surface area contributed by atoms with Crippen LogP contribution < -0.4 is 5.32 Å².